The molecular formula is C7H14N2O4. The Hall–Kier alpha value is -1.14. The minimum absolute atomic E-state index is 0.270. The Bertz CT molecular complexity index is 183. The van der Waals surface area contributed by atoms with Crippen LogP contribution in [0.15, 0.2) is 0 Å². The van der Waals surface area contributed by atoms with Crippen LogP contribution in [0.4, 0.5) is 4.79 Å². The molecule has 0 saturated heterocycles. The van der Waals surface area contributed by atoms with Gasteiger partial charge in [0.2, 0.25) is 0 Å². The number of hydrogen-bond donors (Lipinski definition) is 3. The molecule has 0 heterocycles. The molecule has 1 amide bonds. The molecule has 6 heteroatoms. The van der Waals surface area contributed by atoms with E-state index in [1.807, 2.05) is 0 Å². The van der Waals surface area contributed by atoms with E-state index in [9.17, 15) is 9.59 Å². The summed E-state index contributed by atoms with van der Waals surface area (Å²) in [5.41, 5.74) is 0. The molecule has 0 aromatic rings. The van der Waals surface area contributed by atoms with Crippen molar-refractivity contribution in [1.82, 2.24) is 10.2 Å². The summed E-state index contributed by atoms with van der Waals surface area (Å²) in [6.45, 7) is 0.270. The summed E-state index contributed by atoms with van der Waals surface area (Å²) in [5, 5.41) is 19.5. The number of hydrogen-bond acceptors (Lipinski definition) is 4. The zero-order valence-corrected chi connectivity index (χ0v) is 7.60. The summed E-state index contributed by atoms with van der Waals surface area (Å²) in [6.07, 6.45) is -2.25. The fraction of sp³-hybridized carbons (Fsp3) is 0.714. The molecule has 6 nitrogen and oxygen atoms in total. The Morgan fingerprint density at radius 2 is 2.15 bits per heavy atom. The summed E-state index contributed by atoms with van der Waals surface area (Å²) in [4.78, 5) is 22.1. The van der Waals surface area contributed by atoms with Crippen molar-refractivity contribution in [1.29, 1.82) is 0 Å². The number of carboxylic acid groups (broad SMARTS) is 1. The molecule has 0 aromatic heterocycles. The monoisotopic (exact) mass is 190 g/mol. The number of likely N-dealkylation sites (N-methyl/N-ethyl adjacent to an activating group) is 1. The molecule has 3 N–H and O–H groups in total. The second-order valence-electron chi connectivity index (χ2n) is 2.94. The summed E-state index contributed by atoms with van der Waals surface area (Å²) in [5.74, 6) is 0. The van der Waals surface area contributed by atoms with Crippen LogP contribution in [0.3, 0.4) is 0 Å². The average Bonchev–Trinajstić information content (AvgIpc) is 2.00. The second kappa shape index (κ2) is 5.50. The average molecular weight is 190 g/mol. The van der Waals surface area contributed by atoms with Crippen LogP contribution in [0.1, 0.15) is 0 Å². The van der Waals surface area contributed by atoms with Crippen molar-refractivity contribution < 1.29 is 19.8 Å². The van der Waals surface area contributed by atoms with Gasteiger partial charge in [-0.3, -0.25) is 0 Å². The molecular weight excluding hydrogens is 176 g/mol. The van der Waals surface area contributed by atoms with Crippen LogP contribution >= 0.6 is 0 Å². The van der Waals surface area contributed by atoms with E-state index in [2.05, 4.69) is 5.32 Å². The highest BCUT2D eigenvalue weighted by molar-refractivity contribution is 5.67. The minimum Gasteiger partial charge on any atom is -0.465 e. The third-order valence-electron chi connectivity index (χ3n) is 1.42. The van der Waals surface area contributed by atoms with Crippen molar-refractivity contribution in [3.8, 4) is 0 Å². The largest absolute Gasteiger partial charge is 0.465 e. The lowest BCUT2D eigenvalue weighted by Crippen LogP contribution is -2.49. The molecule has 0 bridgehead atoms. The molecule has 0 aliphatic carbocycles. The van der Waals surface area contributed by atoms with Crippen LogP contribution in [0.2, 0.25) is 0 Å². The van der Waals surface area contributed by atoms with Crippen molar-refractivity contribution in [2.75, 3.05) is 20.6 Å². The molecule has 0 fully saturated rings. The zero-order valence-electron chi connectivity index (χ0n) is 7.60. The maximum atomic E-state index is 10.3. The van der Waals surface area contributed by atoms with E-state index in [1.54, 1.807) is 19.0 Å². The van der Waals surface area contributed by atoms with Gasteiger partial charge in [0.25, 0.3) is 0 Å². The standard InChI is InChI=1S/C7H14N2O4/c1-9(2)3-5(6(11)4-10)8-7(12)13/h4-6,8,11H,3H2,1-2H3,(H,12,13)/t5-,6-/m0/s1. The first-order chi connectivity index (χ1) is 5.97. The SMILES string of the molecule is CN(C)C[C@H](NC(=O)O)[C@@H](O)C=O. The smallest absolute Gasteiger partial charge is 0.405 e. The predicted octanol–water partition coefficient (Wildman–Crippen LogP) is -1.26. The molecule has 0 rings (SSSR count). The van der Waals surface area contributed by atoms with Gasteiger partial charge in [-0.15, -0.1) is 0 Å². The van der Waals surface area contributed by atoms with E-state index in [4.69, 9.17) is 10.2 Å². The summed E-state index contributed by atoms with van der Waals surface area (Å²) in [7, 11) is 3.43. The van der Waals surface area contributed by atoms with E-state index < -0.39 is 18.2 Å². The number of rotatable bonds is 5. The molecule has 0 aliphatic rings. The number of carbonyl (C=O) groups is 2. The highest BCUT2D eigenvalue weighted by atomic mass is 16.4. The number of amides is 1. The quantitative estimate of drug-likeness (QED) is 0.471. The summed E-state index contributed by atoms with van der Waals surface area (Å²) in [6, 6.07) is -0.787. The third-order valence-corrected chi connectivity index (χ3v) is 1.42. The lowest BCUT2D eigenvalue weighted by molar-refractivity contribution is -0.116. The van der Waals surface area contributed by atoms with Crippen molar-refractivity contribution in [2.45, 2.75) is 12.1 Å². The van der Waals surface area contributed by atoms with E-state index in [0.29, 0.717) is 6.29 Å². The molecule has 0 aliphatic heterocycles. The molecule has 2 atom stereocenters. The molecule has 0 saturated carbocycles. The maximum absolute atomic E-state index is 10.3. The van der Waals surface area contributed by atoms with Gasteiger partial charge in [-0.25, -0.2) is 4.79 Å². The number of carbonyl (C=O) groups excluding carboxylic acids is 1. The first-order valence-electron chi connectivity index (χ1n) is 3.75. The van der Waals surface area contributed by atoms with Crippen molar-refractivity contribution >= 4 is 12.4 Å². The highest BCUT2D eigenvalue weighted by Gasteiger charge is 2.20. The number of aliphatic hydroxyl groups is 1. The maximum Gasteiger partial charge on any atom is 0.405 e. The van der Waals surface area contributed by atoms with E-state index in [1.165, 1.54) is 0 Å². The first kappa shape index (κ1) is 11.9. The van der Waals surface area contributed by atoms with Crippen LogP contribution in [0.5, 0.6) is 0 Å². The molecule has 0 unspecified atom stereocenters. The first-order valence-corrected chi connectivity index (χ1v) is 3.75. The Kier molecular flexibility index (Phi) is 5.01. The van der Waals surface area contributed by atoms with Gasteiger partial charge in [-0.1, -0.05) is 0 Å². The van der Waals surface area contributed by atoms with Crippen molar-refractivity contribution in [3.05, 3.63) is 0 Å². The van der Waals surface area contributed by atoms with E-state index >= 15 is 0 Å². The summed E-state index contributed by atoms with van der Waals surface area (Å²) >= 11 is 0. The number of nitrogens with zero attached hydrogens (tertiary/aromatic N) is 1. The molecule has 0 radical (unpaired) electrons. The number of aldehydes is 1. The fourth-order valence-corrected chi connectivity index (χ4v) is 0.886. The second-order valence-corrected chi connectivity index (χ2v) is 2.94. The van der Waals surface area contributed by atoms with Crippen LogP contribution < -0.4 is 5.32 Å². The van der Waals surface area contributed by atoms with Gasteiger partial charge in [-0.2, -0.15) is 0 Å². The van der Waals surface area contributed by atoms with Crippen LogP contribution in [-0.4, -0.2) is 60.3 Å². The van der Waals surface area contributed by atoms with Gasteiger partial charge in [0.05, 0.1) is 6.04 Å². The third kappa shape index (κ3) is 5.15. The Balaban J connectivity index is 4.17. The van der Waals surface area contributed by atoms with Gasteiger partial charge in [0.15, 0.2) is 6.29 Å². The van der Waals surface area contributed by atoms with Gasteiger partial charge in [0.1, 0.15) is 6.10 Å². The zero-order chi connectivity index (χ0) is 10.4. The molecule has 76 valence electrons. The number of nitrogens with one attached hydrogen (secondary N) is 1. The normalized spacial score (nSPS) is 15.1. The van der Waals surface area contributed by atoms with Crippen LogP contribution in [0.25, 0.3) is 0 Å². The molecule has 0 spiro atoms. The van der Waals surface area contributed by atoms with Crippen molar-refractivity contribution in [2.24, 2.45) is 0 Å². The van der Waals surface area contributed by atoms with Gasteiger partial charge in [-0.05, 0) is 14.1 Å². The lowest BCUT2D eigenvalue weighted by atomic mass is 10.2. The molecule has 13 heavy (non-hydrogen) atoms. The van der Waals surface area contributed by atoms with Gasteiger partial charge < -0.3 is 25.2 Å². The highest BCUT2D eigenvalue weighted by Crippen LogP contribution is 1.93. The van der Waals surface area contributed by atoms with Gasteiger partial charge >= 0.3 is 6.09 Å². The Morgan fingerprint density at radius 1 is 1.62 bits per heavy atom. The predicted molar refractivity (Wildman–Crippen MR) is 45.6 cm³/mol. The number of aliphatic hydroxyl groups excluding tert-OH is 1. The van der Waals surface area contributed by atoms with E-state index in [0.717, 1.165) is 0 Å². The minimum atomic E-state index is -1.31. The van der Waals surface area contributed by atoms with Crippen LogP contribution in [0, 0.1) is 0 Å². The Labute approximate surface area is 76.2 Å². The van der Waals surface area contributed by atoms with Gasteiger partial charge in [0, 0.05) is 6.54 Å². The fourth-order valence-electron chi connectivity index (χ4n) is 0.886. The van der Waals surface area contributed by atoms with Crippen molar-refractivity contribution in [3.63, 3.8) is 0 Å². The van der Waals surface area contributed by atoms with E-state index in [-0.39, 0.29) is 6.54 Å². The molecule has 0 aromatic carbocycles. The topological polar surface area (TPSA) is 89.9 Å². The Morgan fingerprint density at radius 3 is 2.46 bits per heavy atom. The van der Waals surface area contributed by atoms with Crippen LogP contribution in [-0.2, 0) is 4.79 Å². The summed E-state index contributed by atoms with van der Waals surface area (Å²) < 4.78 is 0. The lowest BCUT2D eigenvalue weighted by Gasteiger charge is -2.22.